The normalized spacial score (nSPS) is 11.6. The number of hydrogen-bond donors (Lipinski definition) is 0. The zero-order chi connectivity index (χ0) is 14.2. The van der Waals surface area contributed by atoms with Gasteiger partial charge in [-0.05, 0) is 12.1 Å². The maximum atomic E-state index is 12.5. The first-order valence-corrected chi connectivity index (χ1v) is 7.85. The van der Waals surface area contributed by atoms with Gasteiger partial charge in [0.05, 0.1) is 14.9 Å². The topological polar surface area (TPSA) is 47.0 Å². The first-order valence-electron chi connectivity index (χ1n) is 4.86. The Labute approximate surface area is 130 Å². The number of halogens is 4. The van der Waals surface area contributed by atoms with Gasteiger partial charge in [-0.25, -0.2) is 13.4 Å². The fourth-order valence-corrected chi connectivity index (χ4v) is 4.28. The second kappa shape index (κ2) is 5.46. The largest absolute Gasteiger partial charge is 0.221 e. The van der Waals surface area contributed by atoms with Crippen molar-refractivity contribution in [1.29, 1.82) is 0 Å². The van der Waals surface area contributed by atoms with Gasteiger partial charge in [-0.2, -0.15) is 0 Å². The van der Waals surface area contributed by atoms with Crippen molar-refractivity contribution in [2.45, 2.75) is 9.79 Å². The fourth-order valence-electron chi connectivity index (χ4n) is 1.42. The molecule has 1 heterocycles. The summed E-state index contributed by atoms with van der Waals surface area (Å²) in [5.74, 6) is 0. The third-order valence-corrected chi connectivity index (χ3v) is 5.82. The number of rotatable bonds is 2. The average molecular weight is 357 g/mol. The molecule has 0 bridgehead atoms. The molecule has 1 aromatic carbocycles. The molecule has 0 unspecified atom stereocenters. The Bertz CT molecular complexity index is 706. The molecule has 0 N–H and O–H groups in total. The Morgan fingerprint density at radius 2 is 1.32 bits per heavy atom. The van der Waals surface area contributed by atoms with E-state index >= 15 is 0 Å². The summed E-state index contributed by atoms with van der Waals surface area (Å²) in [6.07, 6.45) is 0. The van der Waals surface area contributed by atoms with Crippen LogP contribution in [0.5, 0.6) is 0 Å². The SMILES string of the molecule is O=S(=O)(c1ccccc1)c1c(Cl)c(Cl)nc(Cl)c1Cl. The molecule has 1 aromatic heterocycles. The first-order chi connectivity index (χ1) is 8.85. The average Bonchev–Trinajstić information content (AvgIpc) is 2.37. The third-order valence-electron chi connectivity index (χ3n) is 2.28. The summed E-state index contributed by atoms with van der Waals surface area (Å²) in [7, 11) is -3.92. The molecule has 0 atom stereocenters. The van der Waals surface area contributed by atoms with Crippen molar-refractivity contribution in [2.24, 2.45) is 0 Å². The summed E-state index contributed by atoms with van der Waals surface area (Å²) >= 11 is 23.2. The first kappa shape index (κ1) is 14.9. The number of pyridine rings is 1. The highest BCUT2D eigenvalue weighted by Gasteiger charge is 2.28. The smallest absolute Gasteiger partial charge is 0.209 e. The lowest BCUT2D eigenvalue weighted by Crippen LogP contribution is -2.05. The third kappa shape index (κ3) is 2.69. The minimum atomic E-state index is -3.92. The Morgan fingerprint density at radius 3 is 1.79 bits per heavy atom. The highest BCUT2D eigenvalue weighted by atomic mass is 35.5. The van der Waals surface area contributed by atoms with E-state index in [1.165, 1.54) is 12.1 Å². The van der Waals surface area contributed by atoms with Gasteiger partial charge in [0.15, 0.2) is 10.3 Å². The van der Waals surface area contributed by atoms with Gasteiger partial charge in [0, 0.05) is 0 Å². The summed E-state index contributed by atoms with van der Waals surface area (Å²) in [4.78, 5) is 3.34. The van der Waals surface area contributed by atoms with Crippen LogP contribution in [0.15, 0.2) is 40.1 Å². The van der Waals surface area contributed by atoms with Crippen molar-refractivity contribution < 1.29 is 8.42 Å². The van der Waals surface area contributed by atoms with Crippen LogP contribution in [0, 0.1) is 0 Å². The molecule has 19 heavy (non-hydrogen) atoms. The van der Waals surface area contributed by atoms with E-state index in [1.807, 2.05) is 0 Å². The molecule has 3 nitrogen and oxygen atoms in total. The highest BCUT2D eigenvalue weighted by molar-refractivity contribution is 7.91. The van der Waals surface area contributed by atoms with Gasteiger partial charge < -0.3 is 0 Å². The molecule has 0 saturated heterocycles. The predicted octanol–water partition coefficient (Wildman–Crippen LogP) is 4.53. The zero-order valence-electron chi connectivity index (χ0n) is 9.07. The van der Waals surface area contributed by atoms with Crippen molar-refractivity contribution in [1.82, 2.24) is 4.98 Å². The molecule has 0 amide bonds. The lowest BCUT2D eigenvalue weighted by molar-refractivity contribution is 0.596. The van der Waals surface area contributed by atoms with Crippen LogP contribution in [-0.4, -0.2) is 13.4 Å². The van der Waals surface area contributed by atoms with Crippen LogP contribution in [0.25, 0.3) is 0 Å². The minimum Gasteiger partial charge on any atom is -0.221 e. The quantitative estimate of drug-likeness (QED) is 0.742. The molecule has 8 heteroatoms. The van der Waals surface area contributed by atoms with E-state index in [1.54, 1.807) is 18.2 Å². The second-order valence-corrected chi connectivity index (χ2v) is 6.83. The number of benzene rings is 1. The van der Waals surface area contributed by atoms with Crippen LogP contribution in [0.1, 0.15) is 0 Å². The lowest BCUT2D eigenvalue weighted by Gasteiger charge is -2.10. The van der Waals surface area contributed by atoms with E-state index < -0.39 is 9.84 Å². The molecular weight excluding hydrogens is 352 g/mol. The molecule has 2 rings (SSSR count). The van der Waals surface area contributed by atoms with Crippen molar-refractivity contribution in [2.75, 3.05) is 0 Å². The van der Waals surface area contributed by atoms with E-state index in [2.05, 4.69) is 4.98 Å². The zero-order valence-corrected chi connectivity index (χ0v) is 12.9. The summed E-state index contributed by atoms with van der Waals surface area (Å²) < 4.78 is 24.9. The Balaban J connectivity index is 2.80. The maximum absolute atomic E-state index is 12.5. The van der Waals surface area contributed by atoms with Crippen molar-refractivity contribution in [3.8, 4) is 0 Å². The Morgan fingerprint density at radius 1 is 0.842 bits per heavy atom. The second-order valence-electron chi connectivity index (χ2n) is 3.47. The molecule has 0 aliphatic heterocycles. The van der Waals surface area contributed by atoms with Gasteiger partial charge in [-0.3, -0.25) is 0 Å². The fraction of sp³-hybridized carbons (Fsp3) is 0. The standard InChI is InChI=1S/C11H5Cl4NO2S/c12-7-9(8(13)11(15)16-10(7)14)19(17,18)6-4-2-1-3-5-6/h1-5H. The summed E-state index contributed by atoms with van der Waals surface area (Å²) in [6, 6.07) is 7.70. The molecule has 100 valence electrons. The van der Waals surface area contributed by atoms with Crippen LogP contribution >= 0.6 is 46.4 Å². The van der Waals surface area contributed by atoms with Crippen molar-refractivity contribution in [3.05, 3.63) is 50.7 Å². The van der Waals surface area contributed by atoms with Gasteiger partial charge in [0.2, 0.25) is 9.84 Å². The predicted molar refractivity (Wildman–Crippen MR) is 76.2 cm³/mol. The van der Waals surface area contributed by atoms with Crippen molar-refractivity contribution >= 4 is 56.2 Å². The molecular formula is C11H5Cl4NO2S. The molecule has 0 fully saturated rings. The number of nitrogens with zero attached hydrogens (tertiary/aromatic N) is 1. The van der Waals surface area contributed by atoms with Gasteiger partial charge in [0.25, 0.3) is 0 Å². The number of hydrogen-bond acceptors (Lipinski definition) is 3. The summed E-state index contributed by atoms with van der Waals surface area (Å²) in [5.41, 5.74) is 0. The molecule has 0 aliphatic rings. The van der Waals surface area contributed by atoms with Crippen LogP contribution < -0.4 is 0 Å². The molecule has 0 saturated carbocycles. The van der Waals surface area contributed by atoms with Crippen LogP contribution in [0.3, 0.4) is 0 Å². The summed E-state index contributed by atoms with van der Waals surface area (Å²) in [6.45, 7) is 0. The van der Waals surface area contributed by atoms with Gasteiger partial charge in [-0.15, -0.1) is 0 Å². The van der Waals surface area contributed by atoms with E-state index in [9.17, 15) is 8.42 Å². The van der Waals surface area contributed by atoms with E-state index in [4.69, 9.17) is 46.4 Å². The Hall–Kier alpha value is -0.520. The van der Waals surface area contributed by atoms with Gasteiger partial charge in [-0.1, -0.05) is 64.6 Å². The summed E-state index contributed by atoms with van der Waals surface area (Å²) in [5, 5.41) is -0.934. The molecule has 0 aliphatic carbocycles. The molecule has 0 radical (unpaired) electrons. The minimum absolute atomic E-state index is 0.0390. The van der Waals surface area contributed by atoms with E-state index in [0.717, 1.165) is 0 Å². The van der Waals surface area contributed by atoms with E-state index in [-0.39, 0.29) is 30.1 Å². The Kier molecular flexibility index (Phi) is 4.28. The lowest BCUT2D eigenvalue weighted by atomic mass is 10.4. The highest BCUT2D eigenvalue weighted by Crippen LogP contribution is 2.40. The van der Waals surface area contributed by atoms with Crippen LogP contribution in [0.4, 0.5) is 0 Å². The van der Waals surface area contributed by atoms with Crippen LogP contribution in [0.2, 0.25) is 20.4 Å². The van der Waals surface area contributed by atoms with E-state index in [0.29, 0.717) is 0 Å². The number of aromatic nitrogens is 1. The molecule has 0 spiro atoms. The number of sulfone groups is 1. The van der Waals surface area contributed by atoms with Gasteiger partial charge >= 0.3 is 0 Å². The van der Waals surface area contributed by atoms with Crippen LogP contribution in [-0.2, 0) is 9.84 Å². The molecule has 2 aromatic rings. The van der Waals surface area contributed by atoms with Gasteiger partial charge in [0.1, 0.15) is 4.90 Å². The monoisotopic (exact) mass is 355 g/mol. The van der Waals surface area contributed by atoms with Crippen molar-refractivity contribution in [3.63, 3.8) is 0 Å². The maximum Gasteiger partial charge on any atom is 0.209 e.